The first-order valence-electron chi connectivity index (χ1n) is 8.00. The fourth-order valence-electron chi connectivity index (χ4n) is 2.79. The van der Waals surface area contributed by atoms with E-state index in [2.05, 4.69) is 0 Å². The maximum absolute atomic E-state index is 12.1. The lowest BCUT2D eigenvalue weighted by molar-refractivity contribution is -0.130. The number of hydrogen-bond acceptors (Lipinski definition) is 4. The van der Waals surface area contributed by atoms with Crippen molar-refractivity contribution in [3.8, 4) is 17.9 Å². The number of amides is 1. The molecule has 1 aliphatic carbocycles. The van der Waals surface area contributed by atoms with Gasteiger partial charge < -0.3 is 9.64 Å². The Morgan fingerprint density at radius 3 is 2.57 bits per heavy atom. The Hall–Kier alpha value is -2.53. The van der Waals surface area contributed by atoms with Crippen LogP contribution < -0.4 is 4.74 Å². The largest absolute Gasteiger partial charge is 0.490 e. The third-order valence-electron chi connectivity index (χ3n) is 4.01. The summed E-state index contributed by atoms with van der Waals surface area (Å²) in [6, 6.07) is 11.7. The van der Waals surface area contributed by atoms with Crippen molar-refractivity contribution in [2.45, 2.75) is 44.6 Å². The molecule has 1 aromatic rings. The fourth-order valence-corrected chi connectivity index (χ4v) is 2.79. The second-order valence-corrected chi connectivity index (χ2v) is 5.74. The summed E-state index contributed by atoms with van der Waals surface area (Å²) in [5, 5.41) is 17.4. The molecular weight excluding hydrogens is 290 g/mol. The summed E-state index contributed by atoms with van der Waals surface area (Å²) in [6.07, 6.45) is 5.86. The molecule has 0 unspecified atom stereocenters. The predicted molar refractivity (Wildman–Crippen MR) is 85.5 cm³/mol. The topological polar surface area (TPSA) is 77.1 Å². The first kappa shape index (κ1) is 16.8. The first-order valence-corrected chi connectivity index (χ1v) is 8.00. The minimum absolute atomic E-state index is 0.0444. The summed E-state index contributed by atoms with van der Waals surface area (Å²) in [6.45, 7) is -0.0888. The summed E-state index contributed by atoms with van der Waals surface area (Å²) in [5.74, 6) is 0.683. The molecule has 0 spiro atoms. The van der Waals surface area contributed by atoms with Crippen molar-refractivity contribution in [1.82, 2.24) is 4.90 Å². The van der Waals surface area contributed by atoms with Crippen LogP contribution in [0.5, 0.6) is 5.75 Å². The molecule has 5 heteroatoms. The maximum atomic E-state index is 12.1. The van der Waals surface area contributed by atoms with Crippen LogP contribution in [0.4, 0.5) is 0 Å². The van der Waals surface area contributed by atoms with E-state index in [4.69, 9.17) is 15.3 Å². The second kappa shape index (κ2) is 8.80. The van der Waals surface area contributed by atoms with E-state index in [9.17, 15) is 4.79 Å². The molecule has 0 saturated heterocycles. The molecule has 1 aliphatic rings. The summed E-state index contributed by atoms with van der Waals surface area (Å²) < 4.78 is 5.97. The number of ether oxygens (including phenoxy) is 1. The quantitative estimate of drug-likeness (QED) is 0.725. The van der Waals surface area contributed by atoms with Crippen LogP contribution in [0.2, 0.25) is 0 Å². The monoisotopic (exact) mass is 311 g/mol. The van der Waals surface area contributed by atoms with E-state index in [1.165, 1.54) is 17.7 Å². The Morgan fingerprint density at radius 1 is 1.22 bits per heavy atom. The molecule has 0 atom stereocenters. The lowest BCUT2D eigenvalue weighted by Crippen LogP contribution is -2.31. The minimum atomic E-state index is -0.171. The SMILES string of the molecule is N#CCN(CC#N)C(=O)CCc1cccc(OC2CCCC2)c1. The number of aryl methyl sites for hydroxylation is 1. The third kappa shape index (κ3) is 5.30. The molecule has 120 valence electrons. The highest BCUT2D eigenvalue weighted by Crippen LogP contribution is 2.24. The zero-order valence-corrected chi connectivity index (χ0v) is 13.2. The number of carbonyl (C=O) groups excluding carboxylic acids is 1. The highest BCUT2D eigenvalue weighted by atomic mass is 16.5. The van der Waals surface area contributed by atoms with E-state index in [0.717, 1.165) is 24.2 Å². The molecule has 0 aromatic heterocycles. The van der Waals surface area contributed by atoms with Crippen LogP contribution in [0, 0.1) is 22.7 Å². The molecule has 0 heterocycles. The Labute approximate surface area is 137 Å². The van der Waals surface area contributed by atoms with Gasteiger partial charge in [-0.2, -0.15) is 10.5 Å². The van der Waals surface area contributed by atoms with Crippen molar-refractivity contribution in [2.75, 3.05) is 13.1 Å². The molecule has 2 rings (SSSR count). The van der Waals surface area contributed by atoms with Gasteiger partial charge in [-0.1, -0.05) is 12.1 Å². The van der Waals surface area contributed by atoms with E-state index in [0.29, 0.717) is 12.5 Å². The first-order chi connectivity index (χ1) is 11.2. The average molecular weight is 311 g/mol. The van der Waals surface area contributed by atoms with Crippen LogP contribution in [-0.2, 0) is 11.2 Å². The van der Waals surface area contributed by atoms with Crippen LogP contribution in [0.1, 0.15) is 37.7 Å². The summed E-state index contributed by atoms with van der Waals surface area (Å²) in [4.78, 5) is 13.3. The third-order valence-corrected chi connectivity index (χ3v) is 4.01. The minimum Gasteiger partial charge on any atom is -0.490 e. The number of hydrogen-bond donors (Lipinski definition) is 0. The molecule has 0 radical (unpaired) electrons. The van der Waals surface area contributed by atoms with Gasteiger partial charge in [0.15, 0.2) is 0 Å². The van der Waals surface area contributed by atoms with Crippen molar-refractivity contribution in [1.29, 1.82) is 10.5 Å². The van der Waals surface area contributed by atoms with Crippen molar-refractivity contribution in [3.05, 3.63) is 29.8 Å². The van der Waals surface area contributed by atoms with Crippen LogP contribution >= 0.6 is 0 Å². The van der Waals surface area contributed by atoms with Crippen LogP contribution in [0.25, 0.3) is 0 Å². The molecule has 5 nitrogen and oxygen atoms in total. The smallest absolute Gasteiger partial charge is 0.224 e. The Balaban J connectivity index is 1.88. The molecular formula is C18H21N3O2. The van der Waals surface area contributed by atoms with Gasteiger partial charge in [0.25, 0.3) is 0 Å². The lowest BCUT2D eigenvalue weighted by Gasteiger charge is -2.16. The van der Waals surface area contributed by atoms with E-state index in [-0.39, 0.29) is 25.4 Å². The fraction of sp³-hybridized carbons (Fsp3) is 0.500. The lowest BCUT2D eigenvalue weighted by atomic mass is 10.1. The van der Waals surface area contributed by atoms with Crippen LogP contribution in [0.15, 0.2) is 24.3 Å². The van der Waals surface area contributed by atoms with Gasteiger partial charge in [-0.3, -0.25) is 4.79 Å². The van der Waals surface area contributed by atoms with Gasteiger partial charge in [0.2, 0.25) is 5.91 Å². The number of nitriles is 2. The molecule has 0 aliphatic heterocycles. The van der Waals surface area contributed by atoms with Gasteiger partial charge in [-0.25, -0.2) is 0 Å². The van der Waals surface area contributed by atoms with Gasteiger partial charge in [0, 0.05) is 6.42 Å². The number of benzene rings is 1. The molecule has 1 saturated carbocycles. The van der Waals surface area contributed by atoms with Gasteiger partial charge in [-0.15, -0.1) is 0 Å². The van der Waals surface area contributed by atoms with Gasteiger partial charge in [-0.05, 0) is 49.8 Å². The van der Waals surface area contributed by atoms with Crippen molar-refractivity contribution in [2.24, 2.45) is 0 Å². The highest BCUT2D eigenvalue weighted by molar-refractivity contribution is 5.77. The Bertz CT molecular complexity index is 593. The van der Waals surface area contributed by atoms with E-state index in [1.807, 2.05) is 36.4 Å². The van der Waals surface area contributed by atoms with Crippen LogP contribution in [0.3, 0.4) is 0 Å². The predicted octanol–water partition coefficient (Wildman–Crippen LogP) is 2.82. The van der Waals surface area contributed by atoms with E-state index < -0.39 is 0 Å². The average Bonchev–Trinajstić information content (AvgIpc) is 3.06. The number of nitrogens with zero attached hydrogens (tertiary/aromatic N) is 3. The number of rotatable bonds is 7. The zero-order valence-electron chi connectivity index (χ0n) is 13.2. The summed E-state index contributed by atoms with van der Waals surface area (Å²) >= 11 is 0. The van der Waals surface area contributed by atoms with Crippen molar-refractivity contribution < 1.29 is 9.53 Å². The molecule has 1 amide bonds. The number of carbonyl (C=O) groups is 1. The molecule has 0 N–H and O–H groups in total. The van der Waals surface area contributed by atoms with Crippen molar-refractivity contribution >= 4 is 5.91 Å². The van der Waals surface area contributed by atoms with Gasteiger partial charge >= 0.3 is 0 Å². The molecule has 23 heavy (non-hydrogen) atoms. The van der Waals surface area contributed by atoms with Crippen molar-refractivity contribution in [3.63, 3.8) is 0 Å². The van der Waals surface area contributed by atoms with Crippen LogP contribution in [-0.4, -0.2) is 30.0 Å². The normalized spacial score (nSPS) is 14.0. The summed E-state index contributed by atoms with van der Waals surface area (Å²) in [5.41, 5.74) is 1.03. The summed E-state index contributed by atoms with van der Waals surface area (Å²) in [7, 11) is 0. The molecule has 0 bridgehead atoms. The Kier molecular flexibility index (Phi) is 6.44. The Morgan fingerprint density at radius 2 is 1.91 bits per heavy atom. The second-order valence-electron chi connectivity index (χ2n) is 5.74. The maximum Gasteiger partial charge on any atom is 0.224 e. The highest BCUT2D eigenvalue weighted by Gasteiger charge is 2.17. The van der Waals surface area contributed by atoms with E-state index >= 15 is 0 Å². The molecule has 1 aromatic carbocycles. The molecule has 1 fully saturated rings. The van der Waals surface area contributed by atoms with Gasteiger partial charge in [0.1, 0.15) is 18.8 Å². The zero-order chi connectivity index (χ0) is 16.5. The van der Waals surface area contributed by atoms with Gasteiger partial charge in [0.05, 0.1) is 18.2 Å². The van der Waals surface area contributed by atoms with E-state index in [1.54, 1.807) is 0 Å². The standard InChI is InChI=1S/C18H21N3O2/c19-10-12-21(13-11-20)18(22)9-8-15-4-3-7-17(14-15)23-16-5-1-2-6-16/h3-4,7,14,16H,1-2,5-6,8-9,12-13H2.